The van der Waals surface area contributed by atoms with Gasteiger partial charge in [0.15, 0.2) is 6.29 Å². The predicted molar refractivity (Wildman–Crippen MR) is 83.4 cm³/mol. The van der Waals surface area contributed by atoms with E-state index in [1.54, 1.807) is 19.1 Å². The quantitative estimate of drug-likeness (QED) is 0.662. The molecule has 1 N–H and O–H groups in total. The normalized spacial score (nSPS) is 13.3. The van der Waals surface area contributed by atoms with E-state index in [0.29, 0.717) is 19.6 Å². The van der Waals surface area contributed by atoms with Crippen LogP contribution in [-0.4, -0.2) is 62.8 Å². The molecule has 0 radical (unpaired) electrons. The molecule has 0 saturated carbocycles. The van der Waals surface area contributed by atoms with Crippen molar-refractivity contribution in [3.05, 3.63) is 0 Å². The third kappa shape index (κ3) is 8.90. The topological polar surface area (TPSA) is 60.0 Å². The number of carbonyl (C=O) groups excluding carboxylic acids is 1. The van der Waals surface area contributed by atoms with Crippen LogP contribution in [0.5, 0.6) is 0 Å². The van der Waals surface area contributed by atoms with Crippen molar-refractivity contribution in [3.63, 3.8) is 0 Å². The Morgan fingerprint density at radius 2 is 1.76 bits per heavy atom. The summed E-state index contributed by atoms with van der Waals surface area (Å²) in [5, 5.41) is 3.29. The molecular formula is C15H32N2O4. The molecule has 0 heterocycles. The molecular weight excluding hydrogens is 272 g/mol. The van der Waals surface area contributed by atoms with Gasteiger partial charge in [-0.15, -0.1) is 0 Å². The number of ether oxygens (including phenoxy) is 3. The van der Waals surface area contributed by atoms with Crippen LogP contribution in [0.4, 0.5) is 4.79 Å². The molecule has 0 aliphatic carbocycles. The van der Waals surface area contributed by atoms with Crippen LogP contribution in [0.3, 0.4) is 0 Å². The number of methoxy groups -OCH3 is 2. The third-order valence-electron chi connectivity index (χ3n) is 2.87. The first-order valence-electron chi connectivity index (χ1n) is 7.52. The monoisotopic (exact) mass is 304 g/mol. The fraction of sp³-hybridized carbons (Fsp3) is 0.933. The molecule has 0 aromatic heterocycles. The van der Waals surface area contributed by atoms with Crippen molar-refractivity contribution < 1.29 is 19.0 Å². The molecule has 6 heteroatoms. The second kappa shape index (κ2) is 9.97. The molecule has 0 aliphatic heterocycles. The van der Waals surface area contributed by atoms with Gasteiger partial charge in [-0.3, -0.25) is 0 Å². The van der Waals surface area contributed by atoms with Gasteiger partial charge in [0.1, 0.15) is 5.60 Å². The van der Waals surface area contributed by atoms with Crippen LogP contribution in [0.25, 0.3) is 0 Å². The van der Waals surface area contributed by atoms with Gasteiger partial charge in [-0.05, 0) is 34.1 Å². The third-order valence-corrected chi connectivity index (χ3v) is 2.87. The van der Waals surface area contributed by atoms with E-state index >= 15 is 0 Å². The van der Waals surface area contributed by atoms with Crippen molar-refractivity contribution in [2.45, 2.75) is 59.0 Å². The van der Waals surface area contributed by atoms with Gasteiger partial charge in [0.05, 0.1) is 6.04 Å². The van der Waals surface area contributed by atoms with E-state index in [-0.39, 0.29) is 18.4 Å². The van der Waals surface area contributed by atoms with E-state index in [2.05, 4.69) is 5.32 Å². The predicted octanol–water partition coefficient (Wildman–Crippen LogP) is 2.23. The van der Waals surface area contributed by atoms with E-state index < -0.39 is 5.60 Å². The molecule has 0 bridgehead atoms. The van der Waals surface area contributed by atoms with Crippen molar-refractivity contribution in [2.24, 2.45) is 0 Å². The zero-order chi connectivity index (χ0) is 16.5. The van der Waals surface area contributed by atoms with Gasteiger partial charge in [0.25, 0.3) is 0 Å². The average Bonchev–Trinajstić information content (AvgIpc) is 2.37. The number of carbonyl (C=O) groups is 1. The second-order valence-corrected chi connectivity index (χ2v) is 6.05. The van der Waals surface area contributed by atoms with Crippen LogP contribution in [-0.2, 0) is 14.2 Å². The summed E-state index contributed by atoms with van der Waals surface area (Å²) in [7, 11) is 3.22. The Morgan fingerprint density at radius 1 is 1.19 bits per heavy atom. The van der Waals surface area contributed by atoms with Crippen LogP contribution < -0.4 is 5.32 Å². The Balaban J connectivity index is 4.30. The highest BCUT2D eigenvalue weighted by Crippen LogP contribution is 2.10. The van der Waals surface area contributed by atoms with Crippen molar-refractivity contribution in [2.75, 3.05) is 33.9 Å². The van der Waals surface area contributed by atoms with Gasteiger partial charge < -0.3 is 24.4 Å². The standard InChI is InChI=1S/C15H32N2O4/c1-8-10-17(14(18)21-15(3,4)5)11-9-16-12(2)13(19-6)20-7/h12-13,16H,8-11H2,1-7H3. The van der Waals surface area contributed by atoms with Crippen LogP contribution in [0.1, 0.15) is 41.0 Å². The maximum absolute atomic E-state index is 12.1. The van der Waals surface area contributed by atoms with Gasteiger partial charge in [-0.2, -0.15) is 0 Å². The minimum atomic E-state index is -0.471. The van der Waals surface area contributed by atoms with Gasteiger partial charge in [-0.25, -0.2) is 4.79 Å². The lowest BCUT2D eigenvalue weighted by molar-refractivity contribution is -0.119. The first-order chi connectivity index (χ1) is 9.75. The summed E-state index contributed by atoms with van der Waals surface area (Å²) in [6, 6.07) is 0.0436. The van der Waals surface area contributed by atoms with Crippen molar-refractivity contribution >= 4 is 6.09 Å². The van der Waals surface area contributed by atoms with E-state index in [0.717, 1.165) is 6.42 Å². The lowest BCUT2D eigenvalue weighted by atomic mass is 10.2. The van der Waals surface area contributed by atoms with Crippen LogP contribution >= 0.6 is 0 Å². The summed E-state index contributed by atoms with van der Waals surface area (Å²) in [5.41, 5.74) is -0.471. The molecule has 0 spiro atoms. The minimum absolute atomic E-state index is 0.0436. The second-order valence-electron chi connectivity index (χ2n) is 6.05. The molecule has 1 amide bonds. The molecule has 126 valence electrons. The molecule has 0 aliphatic rings. The van der Waals surface area contributed by atoms with Crippen molar-refractivity contribution in [1.29, 1.82) is 0 Å². The summed E-state index contributed by atoms with van der Waals surface area (Å²) < 4.78 is 15.8. The smallest absolute Gasteiger partial charge is 0.410 e. The molecule has 0 aromatic carbocycles. The minimum Gasteiger partial charge on any atom is -0.444 e. The number of rotatable bonds is 9. The number of nitrogens with one attached hydrogen (secondary N) is 1. The Kier molecular flexibility index (Phi) is 9.57. The van der Waals surface area contributed by atoms with Gasteiger partial charge in [-0.1, -0.05) is 6.92 Å². The fourth-order valence-electron chi connectivity index (χ4n) is 1.92. The largest absolute Gasteiger partial charge is 0.444 e. The molecule has 21 heavy (non-hydrogen) atoms. The number of hydrogen-bond donors (Lipinski definition) is 1. The van der Waals surface area contributed by atoms with Crippen molar-refractivity contribution in [1.82, 2.24) is 10.2 Å². The highest BCUT2D eigenvalue weighted by atomic mass is 16.7. The maximum Gasteiger partial charge on any atom is 0.410 e. The summed E-state index contributed by atoms with van der Waals surface area (Å²) in [6.45, 7) is 11.6. The summed E-state index contributed by atoms with van der Waals surface area (Å²) in [5.74, 6) is 0. The SMILES string of the molecule is CCCN(CCNC(C)C(OC)OC)C(=O)OC(C)(C)C. The first-order valence-corrected chi connectivity index (χ1v) is 7.52. The Morgan fingerprint density at radius 3 is 2.19 bits per heavy atom. The van der Waals surface area contributed by atoms with Crippen LogP contribution in [0, 0.1) is 0 Å². The number of nitrogens with zero attached hydrogens (tertiary/aromatic N) is 1. The maximum atomic E-state index is 12.1. The van der Waals surface area contributed by atoms with E-state index in [1.165, 1.54) is 0 Å². The van der Waals surface area contributed by atoms with Crippen molar-refractivity contribution in [3.8, 4) is 0 Å². The van der Waals surface area contributed by atoms with Gasteiger partial charge in [0, 0.05) is 33.9 Å². The summed E-state index contributed by atoms with van der Waals surface area (Å²) in [6.07, 6.45) is 0.327. The van der Waals surface area contributed by atoms with Crippen LogP contribution in [0.2, 0.25) is 0 Å². The van der Waals surface area contributed by atoms with E-state index in [1.807, 2.05) is 34.6 Å². The first kappa shape index (κ1) is 20.1. The lowest BCUT2D eigenvalue weighted by Crippen LogP contribution is -2.45. The Bertz CT molecular complexity index is 288. The summed E-state index contributed by atoms with van der Waals surface area (Å²) in [4.78, 5) is 13.8. The Labute approximate surface area is 129 Å². The number of amides is 1. The van der Waals surface area contributed by atoms with E-state index in [4.69, 9.17) is 14.2 Å². The zero-order valence-electron chi connectivity index (χ0n) is 14.6. The fourth-order valence-corrected chi connectivity index (χ4v) is 1.92. The van der Waals surface area contributed by atoms with Crippen LogP contribution in [0.15, 0.2) is 0 Å². The molecule has 0 rings (SSSR count). The molecule has 0 saturated heterocycles. The zero-order valence-corrected chi connectivity index (χ0v) is 14.6. The molecule has 0 aromatic rings. The molecule has 0 fully saturated rings. The Hall–Kier alpha value is -0.850. The summed E-state index contributed by atoms with van der Waals surface area (Å²) >= 11 is 0. The van der Waals surface area contributed by atoms with Gasteiger partial charge in [0.2, 0.25) is 0 Å². The van der Waals surface area contributed by atoms with E-state index in [9.17, 15) is 4.79 Å². The molecule has 1 unspecified atom stereocenters. The molecule has 6 nitrogen and oxygen atoms in total. The average molecular weight is 304 g/mol. The van der Waals surface area contributed by atoms with Gasteiger partial charge >= 0.3 is 6.09 Å². The number of hydrogen-bond acceptors (Lipinski definition) is 5. The lowest BCUT2D eigenvalue weighted by Gasteiger charge is -2.28. The highest BCUT2D eigenvalue weighted by Gasteiger charge is 2.22. The highest BCUT2D eigenvalue weighted by molar-refractivity contribution is 5.68. The molecule has 1 atom stereocenters.